The summed E-state index contributed by atoms with van der Waals surface area (Å²) >= 11 is 0. The van der Waals surface area contributed by atoms with E-state index in [4.69, 9.17) is 24.3 Å². The van der Waals surface area contributed by atoms with Crippen LogP contribution in [0, 0.1) is 0 Å². The molecule has 0 radical (unpaired) electrons. The Balaban J connectivity index is 4.08. The number of carbonyl (C=O) groups is 2. The maximum atomic E-state index is 12.4. The number of nitrogens with two attached hydrogens (primary N) is 1. The van der Waals surface area contributed by atoms with Gasteiger partial charge in [0.05, 0.1) is 13.2 Å². The molecule has 0 aliphatic heterocycles. The summed E-state index contributed by atoms with van der Waals surface area (Å²) in [5.74, 6) is -0.839. The standard InChI is InChI=1S/C37H70NO8P/c1-3-5-7-9-11-12-13-14-15-16-17-18-19-20-21-22-24-25-27-29-36(39)43-33-35(34-45-47(41,42)44-32-31-38)46-37(40)30-28-26-23-10-8-6-4-2/h11-12,14-15,35H,3-10,13,16-34,38H2,1-2H3,(H,41,42)/b12-11+,15-14+/t35-/m0/s1. The van der Waals surface area contributed by atoms with Gasteiger partial charge < -0.3 is 20.1 Å². The van der Waals surface area contributed by atoms with Crippen LogP contribution in [-0.4, -0.2) is 49.3 Å². The number of hydrogen-bond donors (Lipinski definition) is 2. The van der Waals surface area contributed by atoms with Crippen LogP contribution >= 0.6 is 7.82 Å². The molecule has 1 unspecified atom stereocenters. The molecule has 0 bridgehead atoms. The van der Waals surface area contributed by atoms with E-state index in [0.717, 1.165) is 44.9 Å². The normalized spacial score (nSPS) is 13.7. The van der Waals surface area contributed by atoms with Crippen molar-refractivity contribution in [3.8, 4) is 0 Å². The molecule has 0 saturated heterocycles. The van der Waals surface area contributed by atoms with Crippen molar-refractivity contribution in [3.05, 3.63) is 24.3 Å². The first-order valence-electron chi connectivity index (χ1n) is 18.8. The van der Waals surface area contributed by atoms with Crippen LogP contribution < -0.4 is 5.73 Å². The molecule has 0 spiro atoms. The smallest absolute Gasteiger partial charge is 0.462 e. The van der Waals surface area contributed by atoms with Crippen LogP contribution in [0.4, 0.5) is 0 Å². The molecule has 0 aliphatic carbocycles. The molecular formula is C37H70NO8P. The molecule has 0 aromatic carbocycles. The van der Waals surface area contributed by atoms with Gasteiger partial charge in [-0.1, -0.05) is 134 Å². The van der Waals surface area contributed by atoms with Crippen LogP contribution in [-0.2, 0) is 32.7 Å². The molecule has 9 nitrogen and oxygen atoms in total. The molecule has 276 valence electrons. The average Bonchev–Trinajstić information content (AvgIpc) is 3.05. The van der Waals surface area contributed by atoms with Crippen LogP contribution in [0.2, 0.25) is 0 Å². The van der Waals surface area contributed by atoms with E-state index in [2.05, 4.69) is 38.2 Å². The summed E-state index contributed by atoms with van der Waals surface area (Å²) in [7, 11) is -4.36. The summed E-state index contributed by atoms with van der Waals surface area (Å²) < 4.78 is 32.5. The van der Waals surface area contributed by atoms with Gasteiger partial charge in [-0.15, -0.1) is 0 Å². The van der Waals surface area contributed by atoms with E-state index in [0.29, 0.717) is 6.42 Å². The van der Waals surface area contributed by atoms with E-state index in [1.165, 1.54) is 89.9 Å². The number of hydrogen-bond acceptors (Lipinski definition) is 8. The predicted octanol–water partition coefficient (Wildman–Crippen LogP) is 10.0. The predicted molar refractivity (Wildman–Crippen MR) is 192 cm³/mol. The van der Waals surface area contributed by atoms with Gasteiger partial charge in [0.1, 0.15) is 6.61 Å². The maximum Gasteiger partial charge on any atom is 0.472 e. The minimum atomic E-state index is -4.36. The Bertz CT molecular complexity index is 835. The third kappa shape index (κ3) is 34.2. The lowest BCUT2D eigenvalue weighted by molar-refractivity contribution is -0.161. The van der Waals surface area contributed by atoms with Gasteiger partial charge in [-0.2, -0.15) is 0 Å². The van der Waals surface area contributed by atoms with Crippen molar-refractivity contribution in [2.24, 2.45) is 5.73 Å². The molecule has 0 heterocycles. The third-order valence-corrected chi connectivity index (χ3v) is 8.82. The largest absolute Gasteiger partial charge is 0.472 e. The lowest BCUT2D eigenvalue weighted by Crippen LogP contribution is -2.29. The highest BCUT2D eigenvalue weighted by Gasteiger charge is 2.25. The summed E-state index contributed by atoms with van der Waals surface area (Å²) in [5.41, 5.74) is 5.31. The van der Waals surface area contributed by atoms with Gasteiger partial charge in [0.25, 0.3) is 0 Å². The van der Waals surface area contributed by atoms with Crippen molar-refractivity contribution in [2.45, 2.75) is 174 Å². The second-order valence-corrected chi connectivity index (χ2v) is 13.9. The van der Waals surface area contributed by atoms with Crippen molar-refractivity contribution in [1.29, 1.82) is 0 Å². The number of carbonyl (C=O) groups excluding carboxylic acids is 2. The number of phosphoric acid groups is 1. The van der Waals surface area contributed by atoms with Crippen molar-refractivity contribution < 1.29 is 37.6 Å². The fourth-order valence-corrected chi connectivity index (χ4v) is 5.78. The zero-order valence-corrected chi connectivity index (χ0v) is 30.9. The zero-order chi connectivity index (χ0) is 34.7. The van der Waals surface area contributed by atoms with Crippen LogP contribution in [0.5, 0.6) is 0 Å². The molecule has 2 atom stereocenters. The molecule has 3 N–H and O–H groups in total. The average molecular weight is 688 g/mol. The van der Waals surface area contributed by atoms with Crippen molar-refractivity contribution in [3.63, 3.8) is 0 Å². The topological polar surface area (TPSA) is 134 Å². The van der Waals surface area contributed by atoms with E-state index in [1.807, 2.05) is 0 Å². The molecule has 0 saturated carbocycles. The molecule has 0 rings (SSSR count). The highest BCUT2D eigenvalue weighted by Crippen LogP contribution is 2.43. The highest BCUT2D eigenvalue weighted by atomic mass is 31.2. The second kappa shape index (κ2) is 34.4. The number of phosphoric ester groups is 1. The Morgan fingerprint density at radius 2 is 1.11 bits per heavy atom. The van der Waals surface area contributed by atoms with Crippen molar-refractivity contribution in [1.82, 2.24) is 0 Å². The van der Waals surface area contributed by atoms with E-state index in [9.17, 15) is 19.0 Å². The summed E-state index contributed by atoms with van der Waals surface area (Å²) in [6.45, 7) is 3.64. The van der Waals surface area contributed by atoms with E-state index in [1.54, 1.807) is 0 Å². The Labute approximate surface area is 287 Å². The first-order valence-corrected chi connectivity index (χ1v) is 20.3. The molecule has 47 heavy (non-hydrogen) atoms. The Morgan fingerprint density at radius 3 is 1.66 bits per heavy atom. The Hall–Kier alpha value is -1.51. The lowest BCUT2D eigenvalue weighted by Gasteiger charge is -2.19. The number of unbranched alkanes of at least 4 members (excludes halogenated alkanes) is 18. The van der Waals surface area contributed by atoms with Gasteiger partial charge in [0.15, 0.2) is 6.10 Å². The van der Waals surface area contributed by atoms with E-state index < -0.39 is 26.5 Å². The Kier molecular flexibility index (Phi) is 33.3. The van der Waals surface area contributed by atoms with Crippen molar-refractivity contribution >= 4 is 19.8 Å². The van der Waals surface area contributed by atoms with E-state index in [-0.39, 0.29) is 38.6 Å². The number of allylic oxidation sites excluding steroid dienone is 4. The first-order chi connectivity index (χ1) is 22.8. The van der Waals surface area contributed by atoms with Gasteiger partial charge in [0.2, 0.25) is 0 Å². The summed E-state index contributed by atoms with van der Waals surface area (Å²) in [6, 6.07) is 0. The van der Waals surface area contributed by atoms with E-state index >= 15 is 0 Å². The molecule has 0 aromatic rings. The molecular weight excluding hydrogens is 617 g/mol. The van der Waals surface area contributed by atoms with Crippen LogP contribution in [0.15, 0.2) is 24.3 Å². The van der Waals surface area contributed by atoms with Gasteiger partial charge in [-0.3, -0.25) is 18.6 Å². The molecule has 10 heteroatoms. The Morgan fingerprint density at radius 1 is 0.638 bits per heavy atom. The lowest BCUT2D eigenvalue weighted by atomic mass is 10.1. The van der Waals surface area contributed by atoms with Crippen LogP contribution in [0.25, 0.3) is 0 Å². The van der Waals surface area contributed by atoms with Crippen LogP contribution in [0.1, 0.15) is 168 Å². The first kappa shape index (κ1) is 45.5. The highest BCUT2D eigenvalue weighted by molar-refractivity contribution is 7.47. The van der Waals surface area contributed by atoms with Gasteiger partial charge in [-0.25, -0.2) is 4.57 Å². The van der Waals surface area contributed by atoms with Crippen LogP contribution in [0.3, 0.4) is 0 Å². The van der Waals surface area contributed by atoms with Gasteiger partial charge in [0, 0.05) is 19.4 Å². The summed E-state index contributed by atoms with van der Waals surface area (Å²) in [5, 5.41) is 0. The fourth-order valence-electron chi connectivity index (χ4n) is 5.02. The van der Waals surface area contributed by atoms with Gasteiger partial charge >= 0.3 is 19.8 Å². The molecule has 0 amide bonds. The minimum Gasteiger partial charge on any atom is -0.462 e. The number of rotatable bonds is 35. The quantitative estimate of drug-likeness (QED) is 0.0289. The number of ether oxygens (including phenoxy) is 2. The summed E-state index contributed by atoms with van der Waals surface area (Å²) in [6.07, 6.45) is 33.7. The number of esters is 2. The third-order valence-electron chi connectivity index (χ3n) is 7.84. The second-order valence-electron chi connectivity index (χ2n) is 12.4. The SMILES string of the molecule is CCCCC/C=C/C/C=C/CCCCCCCCCCCC(=O)OC[C@@H](COP(=O)(O)OCCN)OC(=O)CCCCCCCCC. The summed E-state index contributed by atoms with van der Waals surface area (Å²) in [4.78, 5) is 34.5. The zero-order valence-electron chi connectivity index (χ0n) is 30.0. The van der Waals surface area contributed by atoms with Crippen molar-refractivity contribution in [2.75, 3.05) is 26.4 Å². The fraction of sp³-hybridized carbons (Fsp3) is 0.838. The minimum absolute atomic E-state index is 0.0539. The van der Waals surface area contributed by atoms with Gasteiger partial charge in [-0.05, 0) is 44.9 Å². The molecule has 0 aliphatic rings. The molecule has 0 aromatic heterocycles. The maximum absolute atomic E-state index is 12.4. The monoisotopic (exact) mass is 687 g/mol. The molecule has 0 fully saturated rings.